The molecule has 2 nitrogen and oxygen atoms in total. The van der Waals surface area contributed by atoms with E-state index in [1.54, 1.807) is 0 Å². The fraction of sp³-hybridized carbons (Fsp3) is 0.333. The lowest BCUT2D eigenvalue weighted by molar-refractivity contribution is 0.211. The first-order chi connectivity index (χ1) is 7.04. The van der Waals surface area contributed by atoms with Crippen LogP contribution in [0, 0.1) is 5.82 Å². The van der Waals surface area contributed by atoms with Crippen LogP contribution in [0.2, 0.25) is 5.02 Å². The Labute approximate surface area is 106 Å². The minimum Gasteiger partial charge on any atom is -0.390 e. The zero-order valence-electron chi connectivity index (χ0n) is 7.61. The zero-order chi connectivity index (χ0) is 11.4. The van der Waals surface area contributed by atoms with Crippen LogP contribution in [0.5, 0.6) is 0 Å². The molecule has 0 saturated carbocycles. The maximum Gasteiger partial charge on any atom is 0.139 e. The van der Waals surface area contributed by atoms with Gasteiger partial charge in [0.15, 0.2) is 0 Å². The van der Waals surface area contributed by atoms with Crippen molar-refractivity contribution in [2.24, 2.45) is 0 Å². The van der Waals surface area contributed by atoms with E-state index < -0.39 is 11.9 Å². The summed E-state index contributed by atoms with van der Waals surface area (Å²) in [6.45, 7) is 0.226. The van der Waals surface area contributed by atoms with Crippen molar-refractivity contribution in [3.8, 4) is 0 Å². The summed E-state index contributed by atoms with van der Waals surface area (Å²) >= 11 is 14.3. The highest BCUT2D eigenvalue weighted by atomic mass is 79.9. The van der Waals surface area contributed by atoms with Crippen LogP contribution < -0.4 is 5.32 Å². The third kappa shape index (κ3) is 3.79. The Hall–Kier alpha value is -0.0300. The van der Waals surface area contributed by atoms with Crippen LogP contribution >= 0.6 is 39.1 Å². The molecule has 1 atom stereocenters. The van der Waals surface area contributed by atoms with Crippen molar-refractivity contribution < 1.29 is 9.50 Å². The molecule has 1 aromatic carbocycles. The molecule has 0 amide bonds. The van der Waals surface area contributed by atoms with E-state index in [9.17, 15) is 9.50 Å². The van der Waals surface area contributed by atoms with Gasteiger partial charge in [0.25, 0.3) is 0 Å². The second-order valence-corrected chi connectivity index (χ2v) is 4.51. The summed E-state index contributed by atoms with van der Waals surface area (Å²) in [5, 5.41) is 12.4. The molecule has 0 heterocycles. The van der Waals surface area contributed by atoms with Crippen molar-refractivity contribution in [1.82, 2.24) is 0 Å². The first-order valence-electron chi connectivity index (χ1n) is 4.17. The molecule has 0 aliphatic heterocycles. The number of benzene rings is 1. The number of nitrogens with one attached hydrogen (secondary N) is 1. The van der Waals surface area contributed by atoms with Crippen LogP contribution in [0.1, 0.15) is 0 Å². The van der Waals surface area contributed by atoms with Gasteiger partial charge in [-0.25, -0.2) is 4.39 Å². The molecule has 0 aliphatic rings. The fourth-order valence-corrected chi connectivity index (χ4v) is 1.76. The van der Waals surface area contributed by atoms with Crippen LogP contribution in [0.15, 0.2) is 16.6 Å². The van der Waals surface area contributed by atoms with Crippen LogP contribution in [-0.2, 0) is 0 Å². The van der Waals surface area contributed by atoms with E-state index in [0.717, 1.165) is 0 Å². The average molecular weight is 317 g/mol. The average Bonchev–Trinajstić information content (AvgIpc) is 2.21. The minimum absolute atomic E-state index is 0.115. The molecule has 6 heteroatoms. The van der Waals surface area contributed by atoms with E-state index in [2.05, 4.69) is 21.2 Å². The van der Waals surface area contributed by atoms with E-state index in [4.69, 9.17) is 23.2 Å². The summed E-state index contributed by atoms with van der Waals surface area (Å²) in [5.74, 6) is -0.300. The molecule has 0 radical (unpaired) electrons. The predicted molar refractivity (Wildman–Crippen MR) is 64.3 cm³/mol. The topological polar surface area (TPSA) is 32.3 Å². The van der Waals surface area contributed by atoms with Gasteiger partial charge >= 0.3 is 0 Å². The molecule has 0 aliphatic carbocycles. The molecule has 15 heavy (non-hydrogen) atoms. The van der Waals surface area contributed by atoms with Gasteiger partial charge < -0.3 is 10.4 Å². The van der Waals surface area contributed by atoms with Crippen molar-refractivity contribution in [2.75, 3.05) is 17.7 Å². The molecule has 2 N–H and O–H groups in total. The smallest absolute Gasteiger partial charge is 0.139 e. The maximum atomic E-state index is 13.1. The van der Waals surface area contributed by atoms with Crippen molar-refractivity contribution in [3.05, 3.63) is 27.4 Å². The lowest BCUT2D eigenvalue weighted by Gasteiger charge is -2.11. The van der Waals surface area contributed by atoms with Gasteiger partial charge in [-0.3, -0.25) is 0 Å². The number of hydrogen-bond acceptors (Lipinski definition) is 2. The summed E-state index contributed by atoms with van der Waals surface area (Å²) in [5.41, 5.74) is 0.432. The monoisotopic (exact) mass is 315 g/mol. The molecule has 0 spiro atoms. The van der Waals surface area contributed by atoms with E-state index in [1.807, 2.05) is 0 Å². The Morgan fingerprint density at radius 2 is 2.20 bits per heavy atom. The molecule has 0 fully saturated rings. The molecule has 1 rings (SSSR count). The third-order valence-electron chi connectivity index (χ3n) is 1.72. The lowest BCUT2D eigenvalue weighted by Crippen LogP contribution is -2.20. The Bertz CT molecular complexity index is 351. The highest BCUT2D eigenvalue weighted by molar-refractivity contribution is 9.10. The molecule has 1 aromatic rings. The SMILES string of the molecule is OC(CCl)CNc1cc(F)c(Br)cc1Cl. The van der Waals surface area contributed by atoms with Crippen LogP contribution in [-0.4, -0.2) is 23.6 Å². The van der Waals surface area contributed by atoms with Gasteiger partial charge in [0.2, 0.25) is 0 Å². The van der Waals surface area contributed by atoms with Gasteiger partial charge in [-0.1, -0.05) is 11.6 Å². The standard InChI is InChI=1S/C9H9BrCl2FNO/c10-6-1-7(12)9(2-8(6)13)14-4-5(15)3-11/h1-2,5,14-15H,3-4H2. The van der Waals surface area contributed by atoms with Crippen LogP contribution in [0.4, 0.5) is 10.1 Å². The maximum absolute atomic E-state index is 13.1. The second kappa shape index (κ2) is 5.89. The van der Waals surface area contributed by atoms with Crippen molar-refractivity contribution >= 4 is 44.8 Å². The Balaban J connectivity index is 2.73. The zero-order valence-corrected chi connectivity index (χ0v) is 10.7. The summed E-state index contributed by atoms with van der Waals surface area (Å²) < 4.78 is 13.4. The van der Waals surface area contributed by atoms with Crippen molar-refractivity contribution in [1.29, 1.82) is 0 Å². The molecule has 84 valence electrons. The van der Waals surface area contributed by atoms with Crippen LogP contribution in [0.3, 0.4) is 0 Å². The van der Waals surface area contributed by atoms with Crippen molar-refractivity contribution in [2.45, 2.75) is 6.10 Å². The van der Waals surface area contributed by atoms with E-state index in [1.165, 1.54) is 12.1 Å². The number of halogens is 4. The normalized spacial score (nSPS) is 12.6. The summed E-state index contributed by atoms with van der Waals surface area (Å²) in [4.78, 5) is 0. The summed E-state index contributed by atoms with van der Waals surface area (Å²) in [6, 6.07) is 2.71. The number of aliphatic hydroxyl groups is 1. The molecule has 0 bridgehead atoms. The van der Waals surface area contributed by atoms with Crippen LogP contribution in [0.25, 0.3) is 0 Å². The molecular formula is C9H9BrCl2FNO. The highest BCUT2D eigenvalue weighted by Crippen LogP contribution is 2.28. The number of hydrogen-bond donors (Lipinski definition) is 2. The van der Waals surface area contributed by atoms with Gasteiger partial charge in [-0.2, -0.15) is 0 Å². The van der Waals surface area contributed by atoms with E-state index in [0.29, 0.717) is 15.2 Å². The predicted octanol–water partition coefficient (Wildman–Crippen LogP) is 3.25. The second-order valence-electron chi connectivity index (χ2n) is 2.94. The molecule has 0 saturated heterocycles. The number of aliphatic hydroxyl groups excluding tert-OH is 1. The van der Waals surface area contributed by atoms with E-state index in [-0.39, 0.29) is 12.4 Å². The minimum atomic E-state index is -0.686. The van der Waals surface area contributed by atoms with Gasteiger partial charge in [0, 0.05) is 6.54 Å². The third-order valence-corrected chi connectivity index (χ3v) is 2.99. The Morgan fingerprint density at radius 1 is 1.53 bits per heavy atom. The highest BCUT2D eigenvalue weighted by Gasteiger charge is 2.08. The number of alkyl halides is 1. The van der Waals surface area contributed by atoms with Crippen molar-refractivity contribution in [3.63, 3.8) is 0 Å². The largest absolute Gasteiger partial charge is 0.390 e. The molecule has 0 aromatic heterocycles. The molecular weight excluding hydrogens is 308 g/mol. The first-order valence-corrected chi connectivity index (χ1v) is 5.87. The summed E-state index contributed by atoms with van der Waals surface area (Å²) in [7, 11) is 0. The number of anilines is 1. The first kappa shape index (κ1) is 13.0. The van der Waals surface area contributed by atoms with E-state index >= 15 is 0 Å². The Kier molecular flexibility index (Phi) is 5.12. The van der Waals surface area contributed by atoms with Gasteiger partial charge in [0.05, 0.1) is 27.2 Å². The van der Waals surface area contributed by atoms with Gasteiger partial charge in [0.1, 0.15) is 5.82 Å². The van der Waals surface area contributed by atoms with Gasteiger partial charge in [-0.05, 0) is 28.1 Å². The fourth-order valence-electron chi connectivity index (χ4n) is 0.940. The summed E-state index contributed by atoms with van der Waals surface area (Å²) in [6.07, 6.45) is -0.686. The Morgan fingerprint density at radius 3 is 2.80 bits per heavy atom. The van der Waals surface area contributed by atoms with Gasteiger partial charge in [-0.15, -0.1) is 11.6 Å². The lowest BCUT2D eigenvalue weighted by atomic mass is 10.3. The quantitative estimate of drug-likeness (QED) is 0.660. The number of rotatable bonds is 4. The molecule has 1 unspecified atom stereocenters.